The Morgan fingerprint density at radius 2 is 1.71 bits per heavy atom. The van der Waals surface area contributed by atoms with E-state index in [-0.39, 0.29) is 23.5 Å². The zero-order valence-corrected chi connectivity index (χ0v) is 21.2. The smallest absolute Gasteiger partial charge is 0.232 e. The largest absolute Gasteiger partial charge is 0.357 e. The minimum atomic E-state index is -0.675. The Morgan fingerprint density at radius 1 is 1.00 bits per heavy atom. The van der Waals surface area contributed by atoms with E-state index in [4.69, 9.17) is 23.2 Å². The Balaban J connectivity index is 1.75. The summed E-state index contributed by atoms with van der Waals surface area (Å²) in [5, 5.41) is 4.44. The number of anilines is 2. The number of rotatable bonds is 3. The molecule has 0 saturated carbocycles. The summed E-state index contributed by atoms with van der Waals surface area (Å²) in [7, 11) is 0. The second-order valence-electron chi connectivity index (χ2n) is 9.97. The lowest BCUT2D eigenvalue weighted by molar-refractivity contribution is -0.119. The Morgan fingerprint density at radius 3 is 2.46 bits per heavy atom. The van der Waals surface area contributed by atoms with Crippen LogP contribution in [0, 0.1) is 5.41 Å². The van der Waals surface area contributed by atoms with Crippen LogP contribution in [0.15, 0.2) is 84.1 Å². The van der Waals surface area contributed by atoms with Crippen molar-refractivity contribution in [2.75, 3.05) is 10.2 Å². The summed E-state index contributed by atoms with van der Waals surface area (Å²) in [5.74, 6) is -0.0991. The predicted molar refractivity (Wildman–Crippen MR) is 142 cm³/mol. The molecule has 0 saturated heterocycles. The van der Waals surface area contributed by atoms with Crippen molar-refractivity contribution in [3.05, 3.63) is 105 Å². The summed E-state index contributed by atoms with van der Waals surface area (Å²) in [6, 6.07) is 21.9. The fourth-order valence-electron chi connectivity index (χ4n) is 5.14. The molecular weight excluding hydrogens is 479 g/mol. The van der Waals surface area contributed by atoms with Crippen molar-refractivity contribution in [2.45, 2.75) is 39.2 Å². The fraction of sp³-hybridized carbons (Fsp3) is 0.241. The van der Waals surface area contributed by atoms with Gasteiger partial charge >= 0.3 is 0 Å². The molecule has 0 spiro atoms. The first-order chi connectivity index (χ1) is 16.7. The highest BCUT2D eigenvalue weighted by molar-refractivity contribution is 6.35. The number of carbonyl (C=O) groups is 2. The third-order valence-corrected chi connectivity index (χ3v) is 7.19. The van der Waals surface area contributed by atoms with Crippen LogP contribution in [0.1, 0.15) is 43.9 Å². The minimum absolute atomic E-state index is 0.0186. The first-order valence-electron chi connectivity index (χ1n) is 11.7. The predicted octanol–water partition coefficient (Wildman–Crippen LogP) is 7.38. The molecule has 0 radical (unpaired) electrons. The van der Waals surface area contributed by atoms with E-state index in [1.807, 2.05) is 60.7 Å². The molecule has 1 atom stereocenters. The number of carbonyl (C=O) groups excluding carboxylic acids is 2. The van der Waals surface area contributed by atoms with Gasteiger partial charge in [0, 0.05) is 27.7 Å². The summed E-state index contributed by atoms with van der Waals surface area (Å²) in [6.45, 7) is 4.19. The molecule has 3 aromatic rings. The van der Waals surface area contributed by atoms with Gasteiger partial charge in [-0.2, -0.15) is 0 Å². The van der Waals surface area contributed by atoms with E-state index in [1.54, 1.807) is 17.0 Å². The van der Waals surface area contributed by atoms with Gasteiger partial charge in [-0.25, -0.2) is 0 Å². The van der Waals surface area contributed by atoms with Crippen LogP contribution < -0.4 is 10.2 Å². The molecule has 1 amide bonds. The summed E-state index contributed by atoms with van der Waals surface area (Å²) < 4.78 is 0. The normalized spacial score (nSPS) is 18.9. The first-order valence-corrected chi connectivity index (χ1v) is 12.4. The number of hydrogen-bond donors (Lipinski definition) is 1. The van der Waals surface area contributed by atoms with Gasteiger partial charge in [-0.1, -0.05) is 85.6 Å². The monoisotopic (exact) mass is 504 g/mol. The molecule has 1 aliphatic carbocycles. The quantitative estimate of drug-likeness (QED) is 0.404. The lowest BCUT2D eigenvalue weighted by Gasteiger charge is -2.37. The molecule has 5 rings (SSSR count). The zero-order chi connectivity index (χ0) is 24.7. The van der Waals surface area contributed by atoms with Crippen molar-refractivity contribution in [3.63, 3.8) is 0 Å². The second-order valence-corrected chi connectivity index (χ2v) is 10.8. The number of nitrogens with zero attached hydrogens (tertiary/aromatic N) is 1. The highest BCUT2D eigenvalue weighted by Gasteiger charge is 2.43. The van der Waals surface area contributed by atoms with Crippen molar-refractivity contribution in [3.8, 4) is 0 Å². The van der Waals surface area contributed by atoms with E-state index >= 15 is 0 Å². The van der Waals surface area contributed by atoms with Crippen molar-refractivity contribution in [2.24, 2.45) is 5.41 Å². The van der Waals surface area contributed by atoms with E-state index in [2.05, 4.69) is 19.2 Å². The van der Waals surface area contributed by atoms with Crippen LogP contribution in [0.2, 0.25) is 10.0 Å². The van der Waals surface area contributed by atoms with E-state index in [1.165, 1.54) is 0 Å². The van der Waals surface area contributed by atoms with Gasteiger partial charge in [0.25, 0.3) is 0 Å². The summed E-state index contributed by atoms with van der Waals surface area (Å²) in [4.78, 5) is 29.5. The van der Waals surface area contributed by atoms with E-state index in [0.717, 1.165) is 16.9 Å². The molecule has 1 aliphatic heterocycles. The lowest BCUT2D eigenvalue weighted by atomic mass is 9.73. The molecule has 178 valence electrons. The van der Waals surface area contributed by atoms with Crippen LogP contribution in [-0.2, 0) is 16.0 Å². The lowest BCUT2D eigenvalue weighted by Crippen LogP contribution is -2.40. The Hall–Kier alpha value is -3.08. The zero-order valence-electron chi connectivity index (χ0n) is 19.6. The molecule has 4 nitrogen and oxygen atoms in total. The van der Waals surface area contributed by atoms with Gasteiger partial charge in [0.2, 0.25) is 5.91 Å². The molecule has 1 heterocycles. The van der Waals surface area contributed by atoms with Crippen molar-refractivity contribution in [1.82, 2.24) is 0 Å². The maximum absolute atomic E-state index is 14.0. The number of Topliss-reactive ketones (excluding diaryl/α,β-unsaturated/α-hetero) is 1. The molecule has 0 fully saturated rings. The topological polar surface area (TPSA) is 49.4 Å². The standard InChI is InChI=1S/C29H26Cl2N2O2/c1-29(2)16-23-27(25(34)17-29)28(20-13-12-19(30)15-21(20)31)33(24-11-7-6-10-22(24)32-23)26(35)14-18-8-4-3-5-9-18/h3-13,15,28,32H,14,16-17H2,1-2H3/t28-/m0/s1. The summed E-state index contributed by atoms with van der Waals surface area (Å²) in [6.07, 6.45) is 1.27. The van der Waals surface area contributed by atoms with Gasteiger partial charge in [-0.3, -0.25) is 14.5 Å². The average Bonchev–Trinajstić information content (AvgIpc) is 2.93. The number of ketones is 1. The van der Waals surface area contributed by atoms with Gasteiger partial charge in [0.15, 0.2) is 5.78 Å². The van der Waals surface area contributed by atoms with Crippen molar-refractivity contribution in [1.29, 1.82) is 0 Å². The molecule has 35 heavy (non-hydrogen) atoms. The second kappa shape index (κ2) is 9.18. The van der Waals surface area contributed by atoms with Crippen LogP contribution in [0.5, 0.6) is 0 Å². The molecule has 2 aliphatic rings. The first kappa shape index (κ1) is 23.7. The highest BCUT2D eigenvalue weighted by atomic mass is 35.5. The number of hydrogen-bond acceptors (Lipinski definition) is 3. The molecule has 1 N–H and O–H groups in total. The molecule has 3 aromatic carbocycles. The van der Waals surface area contributed by atoms with Crippen LogP contribution >= 0.6 is 23.2 Å². The molecular formula is C29H26Cl2N2O2. The third kappa shape index (κ3) is 4.61. The molecule has 0 aromatic heterocycles. The van der Waals surface area contributed by atoms with E-state index < -0.39 is 6.04 Å². The van der Waals surface area contributed by atoms with Crippen LogP contribution in [0.4, 0.5) is 11.4 Å². The number of para-hydroxylation sites is 2. The van der Waals surface area contributed by atoms with Gasteiger partial charge in [-0.05, 0) is 47.2 Å². The Bertz CT molecular complexity index is 1350. The number of halogens is 2. The van der Waals surface area contributed by atoms with Crippen molar-refractivity contribution >= 4 is 46.3 Å². The number of amides is 1. The van der Waals surface area contributed by atoms with Crippen LogP contribution in [-0.4, -0.2) is 11.7 Å². The van der Waals surface area contributed by atoms with Crippen LogP contribution in [0.25, 0.3) is 0 Å². The molecule has 0 unspecified atom stereocenters. The minimum Gasteiger partial charge on any atom is -0.357 e. The number of allylic oxidation sites excluding steroid dienone is 1. The van der Waals surface area contributed by atoms with Gasteiger partial charge in [0.1, 0.15) is 0 Å². The third-order valence-electron chi connectivity index (χ3n) is 6.62. The van der Waals surface area contributed by atoms with E-state index in [0.29, 0.717) is 39.7 Å². The maximum Gasteiger partial charge on any atom is 0.232 e. The van der Waals surface area contributed by atoms with Crippen molar-refractivity contribution < 1.29 is 9.59 Å². The van der Waals surface area contributed by atoms with Gasteiger partial charge in [0.05, 0.1) is 23.8 Å². The fourth-order valence-corrected chi connectivity index (χ4v) is 5.65. The number of benzene rings is 3. The maximum atomic E-state index is 14.0. The number of fused-ring (bicyclic) bond motifs is 1. The summed E-state index contributed by atoms with van der Waals surface area (Å²) >= 11 is 13.0. The molecule has 6 heteroatoms. The van der Waals surface area contributed by atoms with Crippen LogP contribution in [0.3, 0.4) is 0 Å². The van der Waals surface area contributed by atoms with E-state index in [9.17, 15) is 9.59 Å². The summed E-state index contributed by atoms with van der Waals surface area (Å²) in [5.41, 5.74) is 4.31. The Kier molecular flexibility index (Phi) is 6.20. The highest BCUT2D eigenvalue weighted by Crippen LogP contribution is 2.49. The Labute approximate surface area is 215 Å². The van der Waals surface area contributed by atoms with Gasteiger partial charge < -0.3 is 5.32 Å². The molecule has 0 bridgehead atoms. The SMILES string of the molecule is CC1(C)CC(=O)C2=C(C1)Nc1ccccc1N(C(=O)Cc1ccccc1)[C@H]2c1ccc(Cl)cc1Cl. The number of nitrogens with one attached hydrogen (secondary N) is 1. The average molecular weight is 505 g/mol. The van der Waals surface area contributed by atoms with Gasteiger partial charge in [-0.15, -0.1) is 0 Å².